The van der Waals surface area contributed by atoms with E-state index < -0.39 is 0 Å². The lowest BCUT2D eigenvalue weighted by Crippen LogP contribution is -2.41. The number of aromatic nitrogens is 4. The first-order valence-electron chi connectivity index (χ1n) is 7.83. The number of morpholine rings is 1. The zero-order chi connectivity index (χ0) is 16.4. The van der Waals surface area contributed by atoms with Gasteiger partial charge in [0.2, 0.25) is 0 Å². The first-order chi connectivity index (χ1) is 11.0. The Morgan fingerprint density at radius 3 is 2.39 bits per heavy atom. The van der Waals surface area contributed by atoms with Crippen molar-refractivity contribution in [3.05, 3.63) is 40.7 Å². The summed E-state index contributed by atoms with van der Waals surface area (Å²) in [6, 6.07) is 7.91. The molecule has 1 fully saturated rings. The fourth-order valence-corrected chi connectivity index (χ4v) is 2.97. The molecule has 0 saturated carbocycles. The maximum atomic E-state index is 6.05. The van der Waals surface area contributed by atoms with Gasteiger partial charge in [0.05, 0.1) is 24.8 Å². The van der Waals surface area contributed by atoms with Gasteiger partial charge in [-0.1, -0.05) is 23.7 Å². The topological polar surface area (TPSA) is 56.1 Å². The van der Waals surface area contributed by atoms with Crippen molar-refractivity contribution in [2.24, 2.45) is 0 Å². The highest BCUT2D eigenvalue weighted by Gasteiger charge is 2.32. The predicted octanol–water partition coefficient (Wildman–Crippen LogP) is 2.50. The van der Waals surface area contributed by atoms with E-state index in [0.717, 1.165) is 42.7 Å². The molecule has 1 aromatic carbocycles. The van der Waals surface area contributed by atoms with E-state index >= 15 is 0 Å². The predicted molar refractivity (Wildman–Crippen MR) is 88.5 cm³/mol. The van der Waals surface area contributed by atoms with Crippen molar-refractivity contribution in [2.75, 3.05) is 26.3 Å². The Balaban J connectivity index is 2.05. The standard InChI is InChI=1S/C16H22ClN5O/c1-16(2,3)22-15(18-19-20-22)14(21-8-10-23-11-9-21)12-4-6-13(17)7-5-12/h4-7,14H,8-11H2,1-3H3. The molecule has 0 amide bonds. The molecule has 1 saturated heterocycles. The van der Waals surface area contributed by atoms with Gasteiger partial charge in [0.15, 0.2) is 5.82 Å². The van der Waals surface area contributed by atoms with Crippen molar-refractivity contribution in [3.8, 4) is 0 Å². The minimum absolute atomic E-state index is 0.00890. The minimum atomic E-state index is -0.185. The second-order valence-electron chi connectivity index (χ2n) is 6.72. The number of tetrazole rings is 1. The fraction of sp³-hybridized carbons (Fsp3) is 0.562. The van der Waals surface area contributed by atoms with Crippen LogP contribution in [0.15, 0.2) is 24.3 Å². The number of rotatable bonds is 3. The van der Waals surface area contributed by atoms with Crippen LogP contribution in [0.3, 0.4) is 0 Å². The number of hydrogen-bond acceptors (Lipinski definition) is 5. The summed E-state index contributed by atoms with van der Waals surface area (Å²) in [6.07, 6.45) is 0. The summed E-state index contributed by atoms with van der Waals surface area (Å²) in [5, 5.41) is 13.2. The highest BCUT2D eigenvalue weighted by molar-refractivity contribution is 6.30. The Hall–Kier alpha value is -1.50. The summed E-state index contributed by atoms with van der Waals surface area (Å²) in [4.78, 5) is 2.36. The normalized spacial score (nSPS) is 18.1. The Morgan fingerprint density at radius 1 is 1.13 bits per heavy atom. The van der Waals surface area contributed by atoms with Gasteiger partial charge in [-0.2, -0.15) is 0 Å². The maximum absolute atomic E-state index is 6.05. The van der Waals surface area contributed by atoms with Crippen LogP contribution in [-0.2, 0) is 10.3 Å². The molecule has 1 atom stereocenters. The van der Waals surface area contributed by atoms with E-state index in [0.29, 0.717) is 0 Å². The minimum Gasteiger partial charge on any atom is -0.379 e. The number of hydrogen-bond donors (Lipinski definition) is 0. The van der Waals surface area contributed by atoms with Gasteiger partial charge >= 0.3 is 0 Å². The first kappa shape index (κ1) is 16.4. The quantitative estimate of drug-likeness (QED) is 0.862. The van der Waals surface area contributed by atoms with Crippen molar-refractivity contribution < 1.29 is 4.74 Å². The highest BCUT2D eigenvalue weighted by atomic mass is 35.5. The molecule has 1 aliphatic rings. The van der Waals surface area contributed by atoms with Crippen LogP contribution in [0.5, 0.6) is 0 Å². The van der Waals surface area contributed by atoms with Crippen LogP contribution < -0.4 is 0 Å². The molecular formula is C16H22ClN5O. The van der Waals surface area contributed by atoms with E-state index in [9.17, 15) is 0 Å². The molecule has 23 heavy (non-hydrogen) atoms. The monoisotopic (exact) mass is 335 g/mol. The van der Waals surface area contributed by atoms with E-state index in [4.69, 9.17) is 16.3 Å². The summed E-state index contributed by atoms with van der Waals surface area (Å²) >= 11 is 6.05. The third-order valence-electron chi connectivity index (χ3n) is 3.97. The Labute approximate surface area is 141 Å². The third kappa shape index (κ3) is 3.54. The molecule has 1 aromatic heterocycles. The molecule has 0 radical (unpaired) electrons. The summed E-state index contributed by atoms with van der Waals surface area (Å²) in [5.74, 6) is 0.849. The van der Waals surface area contributed by atoms with E-state index in [1.807, 2.05) is 28.9 Å². The van der Waals surface area contributed by atoms with Crippen molar-refractivity contribution in [3.63, 3.8) is 0 Å². The van der Waals surface area contributed by atoms with Crippen LogP contribution in [0.1, 0.15) is 38.2 Å². The lowest BCUT2D eigenvalue weighted by Gasteiger charge is -2.35. The smallest absolute Gasteiger partial charge is 0.173 e. The maximum Gasteiger partial charge on any atom is 0.173 e. The lowest BCUT2D eigenvalue weighted by atomic mass is 10.0. The van der Waals surface area contributed by atoms with Gasteiger partial charge in [-0.3, -0.25) is 4.90 Å². The number of nitrogens with zero attached hydrogens (tertiary/aromatic N) is 5. The second-order valence-corrected chi connectivity index (χ2v) is 7.16. The molecule has 0 N–H and O–H groups in total. The van der Waals surface area contributed by atoms with Gasteiger partial charge in [-0.15, -0.1) is 5.10 Å². The highest BCUT2D eigenvalue weighted by Crippen LogP contribution is 2.30. The van der Waals surface area contributed by atoms with Gasteiger partial charge in [0, 0.05) is 18.1 Å². The zero-order valence-electron chi connectivity index (χ0n) is 13.7. The van der Waals surface area contributed by atoms with Crippen LogP contribution in [-0.4, -0.2) is 51.4 Å². The molecule has 2 aromatic rings. The average Bonchev–Trinajstić information content (AvgIpc) is 3.00. The summed E-state index contributed by atoms with van der Waals surface area (Å²) in [7, 11) is 0. The summed E-state index contributed by atoms with van der Waals surface area (Å²) in [5.41, 5.74) is 0.951. The van der Waals surface area contributed by atoms with Crippen LogP contribution in [0.25, 0.3) is 0 Å². The van der Waals surface area contributed by atoms with Crippen LogP contribution in [0, 0.1) is 0 Å². The van der Waals surface area contributed by atoms with Gasteiger partial charge in [-0.05, 0) is 48.9 Å². The lowest BCUT2D eigenvalue weighted by molar-refractivity contribution is 0.0208. The van der Waals surface area contributed by atoms with E-state index in [2.05, 4.69) is 41.2 Å². The van der Waals surface area contributed by atoms with Crippen LogP contribution in [0.4, 0.5) is 0 Å². The Kier molecular flexibility index (Phi) is 4.66. The molecule has 0 aliphatic carbocycles. The van der Waals surface area contributed by atoms with E-state index in [-0.39, 0.29) is 11.6 Å². The SMILES string of the molecule is CC(C)(C)n1nnnc1C(c1ccc(Cl)cc1)N1CCOCC1. The number of halogens is 1. The number of ether oxygens (including phenoxy) is 1. The molecule has 1 aliphatic heterocycles. The first-order valence-corrected chi connectivity index (χ1v) is 8.20. The largest absolute Gasteiger partial charge is 0.379 e. The summed E-state index contributed by atoms with van der Waals surface area (Å²) < 4.78 is 7.40. The molecule has 124 valence electrons. The van der Waals surface area contributed by atoms with Crippen molar-refractivity contribution in [2.45, 2.75) is 32.4 Å². The second kappa shape index (κ2) is 6.55. The Bertz CT molecular complexity index is 643. The van der Waals surface area contributed by atoms with Crippen LogP contribution >= 0.6 is 11.6 Å². The zero-order valence-corrected chi connectivity index (χ0v) is 14.5. The molecular weight excluding hydrogens is 314 g/mol. The molecule has 0 bridgehead atoms. The fourth-order valence-electron chi connectivity index (χ4n) is 2.85. The van der Waals surface area contributed by atoms with Gasteiger partial charge in [-0.25, -0.2) is 4.68 Å². The van der Waals surface area contributed by atoms with Gasteiger partial charge in [0.25, 0.3) is 0 Å². The number of benzene rings is 1. The molecule has 7 heteroatoms. The molecule has 2 heterocycles. The summed E-state index contributed by atoms with van der Waals surface area (Å²) in [6.45, 7) is 9.46. The van der Waals surface area contributed by atoms with Gasteiger partial charge in [0.1, 0.15) is 0 Å². The molecule has 0 spiro atoms. The van der Waals surface area contributed by atoms with Crippen molar-refractivity contribution in [1.82, 2.24) is 25.1 Å². The Morgan fingerprint density at radius 2 is 1.78 bits per heavy atom. The third-order valence-corrected chi connectivity index (χ3v) is 4.22. The van der Waals surface area contributed by atoms with E-state index in [1.165, 1.54) is 0 Å². The van der Waals surface area contributed by atoms with E-state index in [1.54, 1.807) is 0 Å². The van der Waals surface area contributed by atoms with Crippen molar-refractivity contribution in [1.29, 1.82) is 0 Å². The van der Waals surface area contributed by atoms with Crippen LogP contribution in [0.2, 0.25) is 5.02 Å². The average molecular weight is 336 g/mol. The van der Waals surface area contributed by atoms with Gasteiger partial charge < -0.3 is 4.74 Å². The van der Waals surface area contributed by atoms with Crippen molar-refractivity contribution >= 4 is 11.6 Å². The molecule has 3 rings (SSSR count). The molecule has 1 unspecified atom stereocenters. The molecule has 6 nitrogen and oxygen atoms in total.